The Kier molecular flexibility index (Phi) is 10.1. The van der Waals surface area contributed by atoms with Crippen molar-refractivity contribution in [1.29, 1.82) is 0 Å². The van der Waals surface area contributed by atoms with Crippen LogP contribution in [0.15, 0.2) is 121 Å². The van der Waals surface area contributed by atoms with Crippen molar-refractivity contribution >= 4 is 5.97 Å². The largest absolute Gasteiger partial charge is 0.455 e. The fourth-order valence-corrected chi connectivity index (χ4v) is 4.64. The molecule has 4 aromatic carbocycles. The van der Waals surface area contributed by atoms with E-state index in [1.807, 2.05) is 121 Å². The fourth-order valence-electron chi connectivity index (χ4n) is 4.64. The van der Waals surface area contributed by atoms with Gasteiger partial charge in [-0.25, -0.2) is 4.79 Å². The number of benzene rings is 4. The second-order valence-corrected chi connectivity index (χ2v) is 9.72. The molecular weight excluding hydrogens is 504 g/mol. The minimum Gasteiger partial charge on any atom is -0.455 e. The molecular formula is C34H34O6. The number of carbonyl (C=O) groups is 1. The minimum absolute atomic E-state index is 0.163. The van der Waals surface area contributed by atoms with Gasteiger partial charge in [-0.15, -0.1) is 0 Å². The Morgan fingerprint density at radius 2 is 0.900 bits per heavy atom. The quantitative estimate of drug-likeness (QED) is 0.198. The summed E-state index contributed by atoms with van der Waals surface area (Å²) in [7, 11) is 0. The molecule has 0 spiro atoms. The van der Waals surface area contributed by atoms with E-state index in [0.717, 1.165) is 22.3 Å². The molecule has 4 aromatic rings. The third kappa shape index (κ3) is 7.87. The summed E-state index contributed by atoms with van der Waals surface area (Å²) in [5.41, 5.74) is 3.98. The Balaban J connectivity index is 1.36. The van der Waals surface area contributed by atoms with Crippen molar-refractivity contribution in [2.45, 2.75) is 50.8 Å². The van der Waals surface area contributed by atoms with E-state index in [1.165, 1.54) is 0 Å². The third-order valence-corrected chi connectivity index (χ3v) is 6.73. The van der Waals surface area contributed by atoms with Gasteiger partial charge in [0.1, 0.15) is 12.2 Å². The van der Waals surface area contributed by atoms with Gasteiger partial charge < -0.3 is 23.7 Å². The molecule has 1 aliphatic rings. The van der Waals surface area contributed by atoms with E-state index in [2.05, 4.69) is 0 Å². The van der Waals surface area contributed by atoms with E-state index in [0.29, 0.717) is 19.8 Å². The smallest absolute Gasteiger partial charge is 0.338 e. The van der Waals surface area contributed by atoms with E-state index in [4.69, 9.17) is 23.7 Å². The fraction of sp³-hybridized carbons (Fsp3) is 0.265. The molecule has 1 fully saturated rings. The van der Waals surface area contributed by atoms with E-state index >= 15 is 0 Å². The molecule has 1 aliphatic heterocycles. The first-order valence-electron chi connectivity index (χ1n) is 13.5. The van der Waals surface area contributed by atoms with Gasteiger partial charge >= 0.3 is 5.97 Å². The lowest BCUT2D eigenvalue weighted by molar-refractivity contribution is -0.239. The molecule has 0 aromatic heterocycles. The summed E-state index contributed by atoms with van der Waals surface area (Å²) in [5, 5.41) is 0. The van der Waals surface area contributed by atoms with Gasteiger partial charge in [-0.1, -0.05) is 121 Å². The van der Waals surface area contributed by atoms with Crippen LogP contribution in [0.5, 0.6) is 0 Å². The van der Waals surface area contributed by atoms with Crippen LogP contribution in [0, 0.1) is 0 Å². The Morgan fingerprint density at radius 1 is 0.500 bits per heavy atom. The molecule has 0 N–H and O–H groups in total. The van der Waals surface area contributed by atoms with Gasteiger partial charge in [0.25, 0.3) is 0 Å². The lowest BCUT2D eigenvalue weighted by Gasteiger charge is -2.41. The summed E-state index contributed by atoms with van der Waals surface area (Å²) in [6, 6.07) is 39.4. The van der Waals surface area contributed by atoms with E-state index < -0.39 is 30.4 Å². The molecule has 5 rings (SSSR count). The Bertz CT molecular complexity index is 1280. The van der Waals surface area contributed by atoms with Crippen molar-refractivity contribution in [1.82, 2.24) is 0 Å². The number of hydrogen-bond donors (Lipinski definition) is 0. The first kappa shape index (κ1) is 27.7. The average molecular weight is 539 g/mol. The standard InChI is InChI=1S/C34H34O6/c35-34-33(39-24-29-19-11-4-12-20-29)32(38-23-28-17-9-3-10-18-28)31(37-22-27-15-7-2-8-16-27)30(40-34)25-36-21-26-13-5-1-6-14-26/h1-20,30-33H,21-25H2/t30?,31?,32?,33-/m1/s1. The van der Waals surface area contributed by atoms with Crippen molar-refractivity contribution in [3.05, 3.63) is 144 Å². The summed E-state index contributed by atoms with van der Waals surface area (Å²) < 4.78 is 31.0. The zero-order chi connectivity index (χ0) is 27.4. The maximum absolute atomic E-state index is 13.4. The molecule has 40 heavy (non-hydrogen) atoms. The monoisotopic (exact) mass is 538 g/mol. The highest BCUT2D eigenvalue weighted by Gasteiger charge is 2.48. The Labute approximate surface area is 235 Å². The van der Waals surface area contributed by atoms with Crippen LogP contribution in [0.4, 0.5) is 0 Å². The van der Waals surface area contributed by atoms with Gasteiger partial charge in [-0.05, 0) is 22.3 Å². The van der Waals surface area contributed by atoms with Gasteiger partial charge in [-0.2, -0.15) is 0 Å². The van der Waals surface area contributed by atoms with Crippen molar-refractivity contribution in [3.63, 3.8) is 0 Å². The average Bonchev–Trinajstić information content (AvgIpc) is 3.01. The zero-order valence-corrected chi connectivity index (χ0v) is 22.3. The molecule has 0 bridgehead atoms. The predicted molar refractivity (Wildman–Crippen MR) is 151 cm³/mol. The maximum atomic E-state index is 13.4. The lowest BCUT2D eigenvalue weighted by atomic mass is 9.98. The van der Waals surface area contributed by atoms with Crippen LogP contribution >= 0.6 is 0 Å². The van der Waals surface area contributed by atoms with Crippen LogP contribution < -0.4 is 0 Å². The minimum atomic E-state index is -0.963. The number of cyclic esters (lactones) is 1. The molecule has 1 saturated heterocycles. The number of carbonyl (C=O) groups excluding carboxylic acids is 1. The molecule has 0 amide bonds. The number of hydrogen-bond acceptors (Lipinski definition) is 6. The van der Waals surface area contributed by atoms with Crippen molar-refractivity contribution < 1.29 is 28.5 Å². The maximum Gasteiger partial charge on any atom is 0.338 e. The molecule has 0 radical (unpaired) electrons. The van der Waals surface area contributed by atoms with Crippen LogP contribution in [-0.4, -0.2) is 37.0 Å². The van der Waals surface area contributed by atoms with Gasteiger partial charge in [-0.3, -0.25) is 0 Å². The van der Waals surface area contributed by atoms with Crippen LogP contribution in [0.1, 0.15) is 22.3 Å². The molecule has 3 unspecified atom stereocenters. The molecule has 0 aliphatic carbocycles. The molecule has 1 heterocycles. The van der Waals surface area contributed by atoms with Gasteiger partial charge in [0, 0.05) is 0 Å². The van der Waals surface area contributed by atoms with Crippen LogP contribution in [0.25, 0.3) is 0 Å². The predicted octanol–water partition coefficient (Wildman–Crippen LogP) is 5.88. The first-order chi connectivity index (χ1) is 19.8. The van der Waals surface area contributed by atoms with Crippen molar-refractivity contribution in [3.8, 4) is 0 Å². The topological polar surface area (TPSA) is 63.2 Å². The van der Waals surface area contributed by atoms with Crippen molar-refractivity contribution in [2.24, 2.45) is 0 Å². The lowest BCUT2D eigenvalue weighted by Crippen LogP contribution is -2.59. The third-order valence-electron chi connectivity index (χ3n) is 6.73. The summed E-state index contributed by atoms with van der Waals surface area (Å²) >= 11 is 0. The van der Waals surface area contributed by atoms with E-state index in [9.17, 15) is 4.79 Å². The summed E-state index contributed by atoms with van der Waals surface area (Å²) in [4.78, 5) is 13.4. The molecule has 4 atom stereocenters. The molecule has 6 heteroatoms. The Morgan fingerprint density at radius 3 is 1.38 bits per heavy atom. The summed E-state index contributed by atoms with van der Waals surface area (Å²) in [6.45, 7) is 1.43. The number of esters is 1. The van der Waals surface area contributed by atoms with Gasteiger partial charge in [0.2, 0.25) is 0 Å². The Hall–Kier alpha value is -3.81. The van der Waals surface area contributed by atoms with Crippen LogP contribution in [-0.2, 0) is 54.9 Å². The second-order valence-electron chi connectivity index (χ2n) is 9.72. The molecule has 0 saturated carbocycles. The summed E-state index contributed by atoms with van der Waals surface area (Å²) in [5.74, 6) is -0.484. The van der Waals surface area contributed by atoms with Gasteiger partial charge in [0.15, 0.2) is 12.2 Å². The van der Waals surface area contributed by atoms with E-state index in [-0.39, 0.29) is 13.2 Å². The highest BCUT2D eigenvalue weighted by atomic mass is 16.6. The first-order valence-corrected chi connectivity index (χ1v) is 13.5. The van der Waals surface area contributed by atoms with E-state index in [1.54, 1.807) is 0 Å². The number of rotatable bonds is 13. The summed E-state index contributed by atoms with van der Waals surface area (Å²) in [6.07, 6.45) is -2.95. The number of ether oxygens (including phenoxy) is 5. The highest BCUT2D eigenvalue weighted by Crippen LogP contribution is 2.28. The zero-order valence-electron chi connectivity index (χ0n) is 22.3. The van der Waals surface area contributed by atoms with Crippen LogP contribution in [0.3, 0.4) is 0 Å². The normalized spacial score (nSPS) is 20.6. The van der Waals surface area contributed by atoms with Gasteiger partial charge in [0.05, 0.1) is 33.0 Å². The van der Waals surface area contributed by atoms with Crippen molar-refractivity contribution in [2.75, 3.05) is 6.61 Å². The van der Waals surface area contributed by atoms with Crippen LogP contribution in [0.2, 0.25) is 0 Å². The molecule has 6 nitrogen and oxygen atoms in total. The SMILES string of the molecule is O=C1OC(COCc2ccccc2)C(OCc2ccccc2)C(OCc2ccccc2)[C@H]1OCc1ccccc1. The highest BCUT2D eigenvalue weighted by molar-refractivity contribution is 5.77. The molecule has 206 valence electrons. The second kappa shape index (κ2) is 14.5.